The van der Waals surface area contributed by atoms with E-state index in [-0.39, 0.29) is 35.6 Å². The zero-order valence-electron chi connectivity index (χ0n) is 21.2. The third-order valence-electron chi connectivity index (χ3n) is 6.87. The number of morpholine rings is 1. The summed E-state index contributed by atoms with van der Waals surface area (Å²) in [4.78, 5) is 25.9. The number of nitrogens with zero attached hydrogens (tertiary/aromatic N) is 1. The Morgan fingerprint density at radius 2 is 1.78 bits per heavy atom. The van der Waals surface area contributed by atoms with Crippen LogP contribution in [0.25, 0.3) is 0 Å². The minimum atomic E-state index is -3.67. The molecular weight excluding hydrogens is 494 g/mol. The van der Waals surface area contributed by atoms with Gasteiger partial charge in [-0.05, 0) is 55.2 Å². The van der Waals surface area contributed by atoms with Crippen LogP contribution in [0, 0.1) is 0 Å². The molecule has 1 saturated carbocycles. The Kier molecular flexibility index (Phi) is 9.18. The van der Waals surface area contributed by atoms with Crippen LogP contribution in [0.5, 0.6) is 5.75 Å². The second kappa shape index (κ2) is 12.5. The Morgan fingerprint density at radius 3 is 2.51 bits per heavy atom. The summed E-state index contributed by atoms with van der Waals surface area (Å²) < 4.78 is 38.2. The molecule has 0 atom stereocenters. The van der Waals surface area contributed by atoms with E-state index >= 15 is 0 Å². The van der Waals surface area contributed by atoms with Crippen LogP contribution in [0.2, 0.25) is 0 Å². The van der Waals surface area contributed by atoms with Crippen LogP contribution < -0.4 is 15.4 Å². The van der Waals surface area contributed by atoms with Crippen molar-refractivity contribution in [3.63, 3.8) is 0 Å². The number of rotatable bonds is 9. The number of anilines is 1. The lowest BCUT2D eigenvalue weighted by Crippen LogP contribution is -2.40. The summed E-state index contributed by atoms with van der Waals surface area (Å²) in [5.41, 5.74) is 1.50. The molecule has 0 bridgehead atoms. The van der Waals surface area contributed by atoms with Crippen LogP contribution in [0.15, 0.2) is 47.4 Å². The Hall–Kier alpha value is -2.95. The van der Waals surface area contributed by atoms with Gasteiger partial charge in [-0.3, -0.25) is 9.59 Å². The highest BCUT2D eigenvalue weighted by molar-refractivity contribution is 7.89. The quantitative estimate of drug-likeness (QED) is 0.515. The molecule has 1 heterocycles. The number of ether oxygens (including phenoxy) is 2. The third-order valence-corrected chi connectivity index (χ3v) is 8.76. The smallest absolute Gasteiger partial charge is 0.253 e. The van der Waals surface area contributed by atoms with Gasteiger partial charge in [0.05, 0.1) is 36.5 Å². The molecular formula is C27H35N3O6S. The summed E-state index contributed by atoms with van der Waals surface area (Å²) in [6.07, 6.45) is 5.74. The minimum Gasteiger partial charge on any atom is -0.496 e. The average molecular weight is 530 g/mol. The number of nitrogens with one attached hydrogen (secondary N) is 2. The van der Waals surface area contributed by atoms with Crippen LogP contribution in [0.3, 0.4) is 0 Å². The molecule has 37 heavy (non-hydrogen) atoms. The first-order valence-electron chi connectivity index (χ1n) is 12.8. The Bertz CT molecular complexity index is 1200. The van der Waals surface area contributed by atoms with Crippen LogP contribution >= 0.6 is 0 Å². The highest BCUT2D eigenvalue weighted by atomic mass is 32.2. The predicted octanol–water partition coefficient (Wildman–Crippen LogP) is 3.35. The van der Waals surface area contributed by atoms with Crippen molar-refractivity contribution in [3.05, 3.63) is 53.6 Å². The van der Waals surface area contributed by atoms with Crippen molar-refractivity contribution in [3.8, 4) is 5.75 Å². The van der Waals surface area contributed by atoms with Gasteiger partial charge in [-0.25, -0.2) is 8.42 Å². The zero-order chi connectivity index (χ0) is 26.3. The summed E-state index contributed by atoms with van der Waals surface area (Å²) in [6, 6.07) is 11.8. The lowest BCUT2D eigenvalue weighted by Gasteiger charge is -2.26. The van der Waals surface area contributed by atoms with Crippen LogP contribution in [0.1, 0.15) is 54.4 Å². The molecule has 200 valence electrons. The minimum absolute atomic E-state index is 0.0932. The van der Waals surface area contributed by atoms with E-state index in [1.165, 1.54) is 23.9 Å². The molecule has 1 aliphatic heterocycles. The van der Waals surface area contributed by atoms with E-state index in [9.17, 15) is 18.0 Å². The molecule has 1 aliphatic carbocycles. The van der Waals surface area contributed by atoms with E-state index in [1.807, 2.05) is 0 Å². The standard InChI is InChI=1S/C27H35N3O6S/c1-35-25-13-12-22(37(33,34)30-15-17-36-18-16-30)19-20(25)11-14-26(31)29-24-10-6-5-9-23(24)27(32)28-21-7-3-2-4-8-21/h5-6,9-10,12-13,19,21H,2-4,7-8,11,14-18H2,1H3,(H,28,32)(H,29,31). The first kappa shape index (κ1) is 27.1. The first-order valence-corrected chi connectivity index (χ1v) is 14.3. The number of hydrogen-bond acceptors (Lipinski definition) is 6. The number of carbonyl (C=O) groups is 2. The Labute approximate surface area is 218 Å². The highest BCUT2D eigenvalue weighted by Crippen LogP contribution is 2.27. The van der Waals surface area contributed by atoms with Crippen molar-refractivity contribution in [1.82, 2.24) is 9.62 Å². The van der Waals surface area contributed by atoms with Crippen molar-refractivity contribution in [2.24, 2.45) is 0 Å². The lowest BCUT2D eigenvalue weighted by atomic mass is 9.95. The lowest BCUT2D eigenvalue weighted by molar-refractivity contribution is -0.116. The average Bonchev–Trinajstić information content (AvgIpc) is 2.93. The van der Waals surface area contributed by atoms with Crippen molar-refractivity contribution in [2.75, 3.05) is 38.7 Å². The van der Waals surface area contributed by atoms with Gasteiger partial charge in [-0.15, -0.1) is 0 Å². The van der Waals surface area contributed by atoms with Gasteiger partial charge in [0.15, 0.2) is 0 Å². The molecule has 2 aliphatic rings. The van der Waals surface area contributed by atoms with E-state index in [4.69, 9.17) is 9.47 Å². The number of methoxy groups -OCH3 is 1. The van der Waals surface area contributed by atoms with Crippen molar-refractivity contribution in [1.29, 1.82) is 0 Å². The Morgan fingerprint density at radius 1 is 1.05 bits per heavy atom. The molecule has 2 N–H and O–H groups in total. The van der Waals surface area contributed by atoms with Gasteiger partial charge in [-0.2, -0.15) is 4.31 Å². The zero-order valence-corrected chi connectivity index (χ0v) is 22.0. The SMILES string of the molecule is COc1ccc(S(=O)(=O)N2CCOCC2)cc1CCC(=O)Nc1ccccc1C(=O)NC1CCCCC1. The number of hydrogen-bond donors (Lipinski definition) is 2. The third kappa shape index (κ3) is 6.88. The maximum absolute atomic E-state index is 13.1. The van der Waals surface area contributed by atoms with Gasteiger partial charge in [0, 0.05) is 25.6 Å². The van der Waals surface area contributed by atoms with Gasteiger partial charge in [-0.1, -0.05) is 31.4 Å². The van der Waals surface area contributed by atoms with Gasteiger partial charge >= 0.3 is 0 Å². The van der Waals surface area contributed by atoms with E-state index < -0.39 is 10.0 Å². The van der Waals surface area contributed by atoms with Crippen LogP contribution in [0.4, 0.5) is 5.69 Å². The fourth-order valence-electron chi connectivity index (χ4n) is 4.81. The molecule has 0 radical (unpaired) electrons. The molecule has 0 unspecified atom stereocenters. The number of amides is 2. The molecule has 0 aromatic heterocycles. The molecule has 2 fully saturated rings. The van der Waals surface area contributed by atoms with Gasteiger partial charge in [0.1, 0.15) is 5.75 Å². The van der Waals surface area contributed by atoms with E-state index in [1.54, 1.807) is 36.4 Å². The molecule has 1 saturated heterocycles. The highest BCUT2D eigenvalue weighted by Gasteiger charge is 2.27. The van der Waals surface area contributed by atoms with Crippen molar-refractivity contribution >= 4 is 27.5 Å². The first-order chi connectivity index (χ1) is 17.9. The normalized spacial score (nSPS) is 17.2. The summed E-state index contributed by atoms with van der Waals surface area (Å²) in [5.74, 6) is 0.0490. The topological polar surface area (TPSA) is 114 Å². The van der Waals surface area contributed by atoms with Gasteiger partial charge < -0.3 is 20.1 Å². The van der Waals surface area contributed by atoms with E-state index in [0.29, 0.717) is 48.9 Å². The second-order valence-corrected chi connectivity index (χ2v) is 11.3. The van der Waals surface area contributed by atoms with E-state index in [2.05, 4.69) is 10.6 Å². The van der Waals surface area contributed by atoms with Crippen LogP contribution in [-0.2, 0) is 26.0 Å². The number of sulfonamides is 1. The molecule has 10 heteroatoms. The fraction of sp³-hybridized carbons (Fsp3) is 0.481. The molecule has 9 nitrogen and oxygen atoms in total. The monoisotopic (exact) mass is 529 g/mol. The number of carbonyl (C=O) groups excluding carboxylic acids is 2. The van der Waals surface area contributed by atoms with Crippen molar-refractivity contribution in [2.45, 2.75) is 55.9 Å². The molecule has 0 spiro atoms. The predicted molar refractivity (Wildman–Crippen MR) is 140 cm³/mol. The second-order valence-electron chi connectivity index (χ2n) is 9.39. The van der Waals surface area contributed by atoms with Crippen molar-refractivity contribution < 1.29 is 27.5 Å². The fourth-order valence-corrected chi connectivity index (χ4v) is 6.27. The molecule has 2 amide bonds. The maximum Gasteiger partial charge on any atom is 0.253 e. The summed E-state index contributed by atoms with van der Waals surface area (Å²) in [7, 11) is -2.16. The molecule has 2 aromatic rings. The summed E-state index contributed by atoms with van der Waals surface area (Å²) >= 11 is 0. The summed E-state index contributed by atoms with van der Waals surface area (Å²) in [6.45, 7) is 1.34. The van der Waals surface area contributed by atoms with Crippen LogP contribution in [-0.4, -0.2) is 64.0 Å². The molecule has 2 aromatic carbocycles. The number of para-hydroxylation sites is 1. The maximum atomic E-state index is 13.1. The molecule has 4 rings (SSSR count). The largest absolute Gasteiger partial charge is 0.496 e. The van der Waals surface area contributed by atoms with Gasteiger partial charge in [0.25, 0.3) is 5.91 Å². The summed E-state index contributed by atoms with van der Waals surface area (Å²) in [5, 5.41) is 5.95. The number of benzene rings is 2. The van der Waals surface area contributed by atoms with E-state index in [0.717, 1.165) is 25.7 Å². The number of aryl methyl sites for hydroxylation is 1. The van der Waals surface area contributed by atoms with Gasteiger partial charge in [0.2, 0.25) is 15.9 Å². The Balaban J connectivity index is 1.42.